The lowest BCUT2D eigenvalue weighted by Crippen LogP contribution is -2.22. The van der Waals surface area contributed by atoms with Crippen LogP contribution in [0.1, 0.15) is 18.5 Å². The molecule has 0 aliphatic carbocycles. The second-order valence-corrected chi connectivity index (χ2v) is 8.47. The molecule has 1 aromatic carbocycles. The van der Waals surface area contributed by atoms with Crippen molar-refractivity contribution in [2.45, 2.75) is 23.8 Å². The van der Waals surface area contributed by atoms with E-state index in [1.54, 1.807) is 12.3 Å². The summed E-state index contributed by atoms with van der Waals surface area (Å²) in [4.78, 5) is 19.2. The number of nitrogens with zero attached hydrogens (tertiary/aromatic N) is 6. The Balaban J connectivity index is 1.49. The Bertz CT molecular complexity index is 1260. The standard InChI is InChI=1S/C21H19ClN6OS/c22-15-6-5-7-17(12-15)28-20(26-9-3-4-10-26)24-25-21(28)30-14-16-13-19(29)27-11-2-1-8-18(27)23-16/h1-2,5-8,11-13H,3-4,9-10,14H2. The molecule has 0 N–H and O–H groups in total. The van der Waals surface area contributed by atoms with E-state index in [0.717, 1.165) is 42.7 Å². The van der Waals surface area contributed by atoms with Crippen LogP contribution < -0.4 is 10.5 Å². The van der Waals surface area contributed by atoms with E-state index in [-0.39, 0.29) is 5.56 Å². The highest BCUT2D eigenvalue weighted by molar-refractivity contribution is 7.98. The molecule has 0 saturated carbocycles. The van der Waals surface area contributed by atoms with Crippen molar-refractivity contribution < 1.29 is 0 Å². The fraction of sp³-hybridized carbons (Fsp3) is 0.238. The fourth-order valence-corrected chi connectivity index (χ4v) is 4.66. The summed E-state index contributed by atoms with van der Waals surface area (Å²) >= 11 is 7.76. The van der Waals surface area contributed by atoms with Crippen molar-refractivity contribution in [1.29, 1.82) is 0 Å². The molecular formula is C21H19ClN6OS. The van der Waals surface area contributed by atoms with E-state index in [0.29, 0.717) is 22.1 Å². The van der Waals surface area contributed by atoms with Gasteiger partial charge in [-0.1, -0.05) is 35.5 Å². The molecule has 0 radical (unpaired) electrons. The minimum Gasteiger partial charge on any atom is -0.341 e. The zero-order valence-electron chi connectivity index (χ0n) is 16.1. The highest BCUT2D eigenvalue weighted by atomic mass is 35.5. The Labute approximate surface area is 182 Å². The van der Waals surface area contributed by atoms with Crippen molar-refractivity contribution in [2.24, 2.45) is 0 Å². The molecule has 1 aliphatic rings. The zero-order valence-corrected chi connectivity index (χ0v) is 17.7. The number of thioether (sulfide) groups is 1. The maximum Gasteiger partial charge on any atom is 0.258 e. The molecule has 0 unspecified atom stereocenters. The van der Waals surface area contributed by atoms with E-state index >= 15 is 0 Å². The minimum atomic E-state index is -0.0923. The van der Waals surface area contributed by atoms with Crippen molar-refractivity contribution in [3.05, 3.63) is 75.8 Å². The molecule has 0 bridgehead atoms. The van der Waals surface area contributed by atoms with E-state index in [4.69, 9.17) is 11.6 Å². The first-order valence-electron chi connectivity index (χ1n) is 9.75. The molecule has 1 aliphatic heterocycles. The molecule has 7 nitrogen and oxygen atoms in total. The molecule has 0 amide bonds. The van der Waals surface area contributed by atoms with E-state index in [1.807, 2.05) is 47.0 Å². The van der Waals surface area contributed by atoms with Gasteiger partial charge in [0.1, 0.15) is 5.65 Å². The summed E-state index contributed by atoms with van der Waals surface area (Å²) in [5.74, 6) is 1.34. The van der Waals surface area contributed by atoms with E-state index in [9.17, 15) is 4.79 Å². The van der Waals surface area contributed by atoms with Gasteiger partial charge in [0.25, 0.3) is 5.56 Å². The molecular weight excluding hydrogens is 420 g/mol. The van der Waals surface area contributed by atoms with Gasteiger partial charge in [-0.25, -0.2) is 4.98 Å². The number of pyridine rings is 1. The third-order valence-corrected chi connectivity index (χ3v) is 6.24. The van der Waals surface area contributed by atoms with Gasteiger partial charge in [-0.15, -0.1) is 10.2 Å². The van der Waals surface area contributed by atoms with Crippen LogP contribution in [0.4, 0.5) is 5.95 Å². The Hall–Kier alpha value is -2.84. The van der Waals surface area contributed by atoms with E-state index in [2.05, 4.69) is 20.1 Å². The van der Waals surface area contributed by atoms with Gasteiger partial charge in [0.2, 0.25) is 5.95 Å². The molecule has 5 rings (SSSR count). The minimum absolute atomic E-state index is 0.0923. The van der Waals surface area contributed by atoms with Gasteiger partial charge in [-0.05, 0) is 43.2 Å². The summed E-state index contributed by atoms with van der Waals surface area (Å²) in [5, 5.41) is 10.3. The van der Waals surface area contributed by atoms with Gasteiger partial charge in [0.05, 0.1) is 11.4 Å². The topological polar surface area (TPSA) is 68.3 Å². The van der Waals surface area contributed by atoms with Crippen LogP contribution in [0, 0.1) is 0 Å². The summed E-state index contributed by atoms with van der Waals surface area (Å²) < 4.78 is 3.57. The number of hydrogen-bond acceptors (Lipinski definition) is 6. The molecule has 4 aromatic rings. The van der Waals surface area contributed by atoms with Crippen molar-refractivity contribution in [1.82, 2.24) is 24.1 Å². The number of aromatic nitrogens is 5. The van der Waals surface area contributed by atoms with Crippen molar-refractivity contribution >= 4 is 35.0 Å². The smallest absolute Gasteiger partial charge is 0.258 e. The number of halogens is 1. The van der Waals surface area contributed by atoms with E-state index < -0.39 is 0 Å². The quantitative estimate of drug-likeness (QED) is 0.441. The predicted molar refractivity (Wildman–Crippen MR) is 119 cm³/mol. The van der Waals surface area contributed by atoms with Crippen LogP contribution in [-0.2, 0) is 5.75 Å². The Morgan fingerprint density at radius 1 is 1.03 bits per heavy atom. The molecule has 1 saturated heterocycles. The monoisotopic (exact) mass is 438 g/mol. The molecule has 4 heterocycles. The van der Waals surface area contributed by atoms with Crippen LogP contribution in [0.15, 0.2) is 64.7 Å². The lowest BCUT2D eigenvalue weighted by Gasteiger charge is -2.18. The molecule has 3 aromatic heterocycles. The Morgan fingerprint density at radius 2 is 1.90 bits per heavy atom. The second kappa shape index (κ2) is 8.12. The maximum absolute atomic E-state index is 12.4. The fourth-order valence-electron chi connectivity index (χ4n) is 3.63. The van der Waals surface area contributed by atoms with Gasteiger partial charge < -0.3 is 4.90 Å². The number of rotatable bonds is 5. The molecule has 0 spiro atoms. The van der Waals surface area contributed by atoms with Crippen LogP contribution in [0.5, 0.6) is 0 Å². The van der Waals surface area contributed by atoms with Gasteiger partial charge in [0.15, 0.2) is 5.16 Å². The summed E-state index contributed by atoms with van der Waals surface area (Å²) in [7, 11) is 0. The predicted octanol–water partition coefficient (Wildman–Crippen LogP) is 3.82. The molecule has 30 heavy (non-hydrogen) atoms. The highest BCUT2D eigenvalue weighted by Crippen LogP contribution is 2.30. The van der Waals surface area contributed by atoms with Crippen molar-refractivity contribution in [2.75, 3.05) is 18.0 Å². The normalized spacial score (nSPS) is 14.0. The van der Waals surface area contributed by atoms with Crippen molar-refractivity contribution in [3.63, 3.8) is 0 Å². The van der Waals surface area contributed by atoms with Crippen molar-refractivity contribution in [3.8, 4) is 5.69 Å². The zero-order chi connectivity index (χ0) is 20.5. The molecule has 152 valence electrons. The van der Waals surface area contributed by atoms with Gasteiger partial charge >= 0.3 is 0 Å². The van der Waals surface area contributed by atoms with Gasteiger partial charge in [0, 0.05) is 36.1 Å². The number of anilines is 1. The summed E-state index contributed by atoms with van der Waals surface area (Å²) in [6.45, 7) is 1.93. The number of hydrogen-bond donors (Lipinski definition) is 0. The highest BCUT2D eigenvalue weighted by Gasteiger charge is 2.22. The maximum atomic E-state index is 12.4. The van der Waals surface area contributed by atoms with Crippen LogP contribution in [0.2, 0.25) is 5.02 Å². The SMILES string of the molecule is O=c1cc(CSc2nnc(N3CCCC3)n2-c2cccc(Cl)c2)nc2ccccn12. The largest absolute Gasteiger partial charge is 0.341 e. The molecule has 9 heteroatoms. The molecule has 0 atom stereocenters. The summed E-state index contributed by atoms with van der Waals surface area (Å²) in [5.41, 5.74) is 2.17. The van der Waals surface area contributed by atoms with Crippen LogP contribution in [0.25, 0.3) is 11.3 Å². The van der Waals surface area contributed by atoms with Crippen LogP contribution in [0.3, 0.4) is 0 Å². The van der Waals surface area contributed by atoms with Crippen LogP contribution >= 0.6 is 23.4 Å². The first kappa shape index (κ1) is 19.1. The third kappa shape index (κ3) is 3.68. The van der Waals surface area contributed by atoms with Gasteiger partial charge in [-0.2, -0.15) is 0 Å². The third-order valence-electron chi connectivity index (χ3n) is 5.04. The van der Waals surface area contributed by atoms with Gasteiger partial charge in [-0.3, -0.25) is 13.8 Å². The summed E-state index contributed by atoms with van der Waals surface area (Å²) in [6.07, 6.45) is 4.02. The first-order valence-corrected chi connectivity index (χ1v) is 11.1. The first-order chi connectivity index (χ1) is 14.7. The average Bonchev–Trinajstić information content (AvgIpc) is 3.42. The lowest BCUT2D eigenvalue weighted by molar-refractivity contribution is 0.841. The summed E-state index contributed by atoms with van der Waals surface area (Å²) in [6, 6.07) is 14.8. The molecule has 1 fully saturated rings. The van der Waals surface area contributed by atoms with Crippen LogP contribution in [-0.4, -0.2) is 37.2 Å². The lowest BCUT2D eigenvalue weighted by atomic mass is 10.3. The Kier molecular flexibility index (Phi) is 5.18. The second-order valence-electron chi connectivity index (χ2n) is 7.10. The number of fused-ring (bicyclic) bond motifs is 1. The van der Waals surface area contributed by atoms with E-state index in [1.165, 1.54) is 16.2 Å². The number of benzene rings is 1. The Morgan fingerprint density at radius 3 is 2.73 bits per heavy atom. The average molecular weight is 439 g/mol.